The third-order valence-electron chi connectivity index (χ3n) is 3.33. The van der Waals surface area contributed by atoms with E-state index in [9.17, 15) is 0 Å². The number of fused-ring (bicyclic) bond motifs is 1. The van der Waals surface area contributed by atoms with Crippen molar-refractivity contribution in [2.45, 2.75) is 39.3 Å². The van der Waals surface area contributed by atoms with Crippen molar-refractivity contribution < 1.29 is 0 Å². The first-order chi connectivity index (χ1) is 7.13. The number of rotatable bonds is 2. The van der Waals surface area contributed by atoms with Gasteiger partial charge in [-0.05, 0) is 44.4 Å². The van der Waals surface area contributed by atoms with Gasteiger partial charge in [-0.25, -0.2) is 0 Å². The summed E-state index contributed by atoms with van der Waals surface area (Å²) in [5.41, 5.74) is 10.0. The summed E-state index contributed by atoms with van der Waals surface area (Å²) in [5, 5.41) is 0. The van der Waals surface area contributed by atoms with Crippen LogP contribution in [0.4, 0.5) is 5.69 Å². The number of benzene rings is 1. The number of hydrogen-bond donors (Lipinski definition) is 1. The van der Waals surface area contributed by atoms with Crippen LogP contribution in [0.25, 0.3) is 0 Å². The summed E-state index contributed by atoms with van der Waals surface area (Å²) in [6, 6.07) is 7.42. The van der Waals surface area contributed by atoms with E-state index in [4.69, 9.17) is 5.73 Å². The molecule has 15 heavy (non-hydrogen) atoms. The van der Waals surface area contributed by atoms with Crippen molar-refractivity contribution in [2.24, 2.45) is 5.73 Å². The van der Waals surface area contributed by atoms with Crippen molar-refractivity contribution in [3.8, 4) is 0 Å². The van der Waals surface area contributed by atoms with Gasteiger partial charge in [-0.15, -0.1) is 0 Å². The van der Waals surface area contributed by atoms with Gasteiger partial charge >= 0.3 is 0 Å². The highest BCUT2D eigenvalue weighted by Gasteiger charge is 2.24. The van der Waals surface area contributed by atoms with Crippen molar-refractivity contribution in [3.63, 3.8) is 0 Å². The molecule has 2 atom stereocenters. The standard InChI is InChI=1S/C13H20N2/c1-4-15-9(2)7-12-8-11(10(3)14)5-6-13(12)15/h5-6,8-10H,4,7,14H2,1-3H3. The Labute approximate surface area is 92.1 Å². The van der Waals surface area contributed by atoms with E-state index < -0.39 is 0 Å². The van der Waals surface area contributed by atoms with Crippen molar-refractivity contribution in [3.05, 3.63) is 29.3 Å². The van der Waals surface area contributed by atoms with Gasteiger partial charge in [0.25, 0.3) is 0 Å². The van der Waals surface area contributed by atoms with E-state index in [0.29, 0.717) is 6.04 Å². The molecular formula is C13H20N2. The topological polar surface area (TPSA) is 29.3 Å². The summed E-state index contributed by atoms with van der Waals surface area (Å²) < 4.78 is 0. The Hall–Kier alpha value is -1.02. The second kappa shape index (κ2) is 3.86. The highest BCUT2D eigenvalue weighted by molar-refractivity contribution is 5.60. The lowest BCUT2D eigenvalue weighted by Gasteiger charge is -2.22. The average molecular weight is 204 g/mol. The third-order valence-corrected chi connectivity index (χ3v) is 3.33. The quantitative estimate of drug-likeness (QED) is 0.802. The Morgan fingerprint density at radius 1 is 1.53 bits per heavy atom. The van der Waals surface area contributed by atoms with Crippen molar-refractivity contribution in [2.75, 3.05) is 11.4 Å². The highest BCUT2D eigenvalue weighted by atomic mass is 15.2. The van der Waals surface area contributed by atoms with Crippen LogP contribution in [0, 0.1) is 0 Å². The Kier molecular flexibility index (Phi) is 2.70. The molecule has 0 saturated heterocycles. The van der Waals surface area contributed by atoms with Crippen molar-refractivity contribution in [1.29, 1.82) is 0 Å². The van der Waals surface area contributed by atoms with Gasteiger partial charge in [0.2, 0.25) is 0 Å². The maximum absolute atomic E-state index is 5.90. The smallest absolute Gasteiger partial charge is 0.0402 e. The fourth-order valence-electron chi connectivity index (χ4n) is 2.48. The molecule has 0 radical (unpaired) electrons. The maximum Gasteiger partial charge on any atom is 0.0402 e. The van der Waals surface area contributed by atoms with E-state index in [2.05, 4.69) is 36.9 Å². The molecule has 0 amide bonds. The van der Waals surface area contributed by atoms with Gasteiger partial charge in [-0.3, -0.25) is 0 Å². The molecule has 0 bridgehead atoms. The lowest BCUT2D eigenvalue weighted by atomic mass is 10.0. The molecule has 82 valence electrons. The largest absolute Gasteiger partial charge is 0.369 e. The van der Waals surface area contributed by atoms with E-state index in [-0.39, 0.29) is 6.04 Å². The summed E-state index contributed by atoms with van der Waals surface area (Å²) in [7, 11) is 0. The number of likely N-dealkylation sites (N-methyl/N-ethyl adjacent to an activating group) is 1. The summed E-state index contributed by atoms with van der Waals surface area (Å²) in [6.07, 6.45) is 1.16. The predicted octanol–water partition coefficient (Wildman–Crippen LogP) is 2.48. The van der Waals surface area contributed by atoms with Gasteiger partial charge < -0.3 is 10.6 Å². The zero-order chi connectivity index (χ0) is 11.0. The van der Waals surface area contributed by atoms with Gasteiger partial charge in [0.05, 0.1) is 0 Å². The normalized spacial score (nSPS) is 21.6. The Morgan fingerprint density at radius 3 is 2.87 bits per heavy atom. The minimum atomic E-state index is 0.140. The molecule has 2 heteroatoms. The zero-order valence-corrected chi connectivity index (χ0v) is 9.83. The van der Waals surface area contributed by atoms with Crippen molar-refractivity contribution >= 4 is 5.69 Å². The fraction of sp³-hybridized carbons (Fsp3) is 0.538. The molecule has 2 unspecified atom stereocenters. The minimum absolute atomic E-state index is 0.140. The molecule has 0 fully saturated rings. The number of nitrogens with two attached hydrogens (primary N) is 1. The third kappa shape index (κ3) is 1.74. The average Bonchev–Trinajstić information content (AvgIpc) is 2.51. The summed E-state index contributed by atoms with van der Waals surface area (Å²) in [6.45, 7) is 7.63. The zero-order valence-electron chi connectivity index (χ0n) is 9.83. The van der Waals surface area contributed by atoms with E-state index >= 15 is 0 Å². The van der Waals surface area contributed by atoms with Crippen LogP contribution in [0.1, 0.15) is 37.9 Å². The van der Waals surface area contributed by atoms with Crippen LogP contribution in [-0.2, 0) is 6.42 Å². The first kappa shape index (κ1) is 10.5. The van der Waals surface area contributed by atoms with Crippen LogP contribution in [0.5, 0.6) is 0 Å². The van der Waals surface area contributed by atoms with Gasteiger partial charge in [-0.2, -0.15) is 0 Å². The van der Waals surface area contributed by atoms with Crippen LogP contribution in [0.2, 0.25) is 0 Å². The van der Waals surface area contributed by atoms with Crippen molar-refractivity contribution in [1.82, 2.24) is 0 Å². The monoisotopic (exact) mass is 204 g/mol. The molecule has 0 spiro atoms. The molecular weight excluding hydrogens is 184 g/mol. The SMILES string of the molecule is CCN1c2ccc(C(C)N)cc2CC1C. The molecule has 2 N–H and O–H groups in total. The number of hydrogen-bond acceptors (Lipinski definition) is 2. The van der Waals surface area contributed by atoms with Crippen LogP contribution in [0.15, 0.2) is 18.2 Å². The van der Waals surface area contributed by atoms with Gasteiger partial charge in [0, 0.05) is 24.3 Å². The second-order valence-corrected chi connectivity index (χ2v) is 4.52. The molecule has 0 saturated carbocycles. The van der Waals surface area contributed by atoms with Gasteiger partial charge in [-0.1, -0.05) is 12.1 Å². The highest BCUT2D eigenvalue weighted by Crippen LogP contribution is 2.33. The van der Waals surface area contributed by atoms with E-state index in [0.717, 1.165) is 13.0 Å². The summed E-state index contributed by atoms with van der Waals surface area (Å²) in [4.78, 5) is 2.46. The Balaban J connectivity index is 2.37. The summed E-state index contributed by atoms with van der Waals surface area (Å²) >= 11 is 0. The maximum atomic E-state index is 5.90. The molecule has 2 rings (SSSR count). The van der Waals surface area contributed by atoms with Gasteiger partial charge in [0.1, 0.15) is 0 Å². The molecule has 0 aromatic heterocycles. The Bertz CT molecular complexity index is 358. The molecule has 1 heterocycles. The summed E-state index contributed by atoms with van der Waals surface area (Å²) in [5.74, 6) is 0. The van der Waals surface area contributed by atoms with Crippen LogP contribution < -0.4 is 10.6 Å². The molecule has 1 aliphatic heterocycles. The molecule has 1 aromatic carbocycles. The van der Waals surface area contributed by atoms with Crippen LogP contribution in [-0.4, -0.2) is 12.6 Å². The first-order valence-electron chi connectivity index (χ1n) is 5.78. The lowest BCUT2D eigenvalue weighted by molar-refractivity contribution is 0.690. The van der Waals surface area contributed by atoms with Crippen LogP contribution >= 0.6 is 0 Å². The van der Waals surface area contributed by atoms with Gasteiger partial charge in [0.15, 0.2) is 0 Å². The van der Waals surface area contributed by atoms with Crippen LogP contribution in [0.3, 0.4) is 0 Å². The number of nitrogens with zero attached hydrogens (tertiary/aromatic N) is 1. The molecule has 1 aliphatic rings. The Morgan fingerprint density at radius 2 is 2.27 bits per heavy atom. The fourth-order valence-corrected chi connectivity index (χ4v) is 2.48. The molecule has 1 aromatic rings. The minimum Gasteiger partial charge on any atom is -0.369 e. The molecule has 0 aliphatic carbocycles. The lowest BCUT2D eigenvalue weighted by Crippen LogP contribution is -2.28. The molecule has 2 nitrogen and oxygen atoms in total. The van der Waals surface area contributed by atoms with E-state index in [1.807, 2.05) is 6.92 Å². The van der Waals surface area contributed by atoms with E-state index in [1.54, 1.807) is 0 Å². The second-order valence-electron chi connectivity index (χ2n) is 4.52. The predicted molar refractivity (Wildman–Crippen MR) is 65.2 cm³/mol. The van der Waals surface area contributed by atoms with E-state index in [1.165, 1.54) is 16.8 Å². The first-order valence-corrected chi connectivity index (χ1v) is 5.78. The number of anilines is 1.